The van der Waals surface area contributed by atoms with Gasteiger partial charge in [0.25, 0.3) is 0 Å². The molecular formula is C32H30FNO4. The maximum Gasteiger partial charge on any atom is 0.306 e. The summed E-state index contributed by atoms with van der Waals surface area (Å²) in [6, 6.07) is 19.3. The molecule has 5 nitrogen and oxygen atoms in total. The van der Waals surface area contributed by atoms with E-state index in [1.165, 1.54) is 6.07 Å². The van der Waals surface area contributed by atoms with Gasteiger partial charge >= 0.3 is 5.97 Å². The van der Waals surface area contributed by atoms with Gasteiger partial charge in [-0.3, -0.25) is 9.59 Å². The lowest BCUT2D eigenvalue weighted by Gasteiger charge is -2.56. The fourth-order valence-corrected chi connectivity index (χ4v) is 6.56. The number of fused-ring (bicyclic) bond motifs is 1. The fraction of sp³-hybridized carbons (Fsp3) is 0.312. The third-order valence-corrected chi connectivity index (χ3v) is 8.39. The number of carbonyl (C=O) groups is 2. The predicted octanol–water partition coefficient (Wildman–Crippen LogP) is 6.97. The molecule has 0 amide bonds. The van der Waals surface area contributed by atoms with Crippen molar-refractivity contribution in [1.29, 1.82) is 0 Å². The van der Waals surface area contributed by atoms with Crippen molar-refractivity contribution >= 4 is 22.7 Å². The molecule has 3 aromatic carbocycles. The maximum absolute atomic E-state index is 14.7. The molecule has 4 aromatic rings. The molecule has 0 bridgehead atoms. The van der Waals surface area contributed by atoms with Crippen LogP contribution >= 0.6 is 0 Å². The third-order valence-electron chi connectivity index (χ3n) is 8.39. The number of methoxy groups -OCH3 is 1. The van der Waals surface area contributed by atoms with E-state index in [9.17, 15) is 19.1 Å². The van der Waals surface area contributed by atoms with Crippen LogP contribution in [-0.4, -0.2) is 28.5 Å². The summed E-state index contributed by atoms with van der Waals surface area (Å²) in [7, 11) is -2.52. The first-order valence-corrected chi connectivity index (χ1v) is 12.9. The molecule has 1 heterocycles. The van der Waals surface area contributed by atoms with Gasteiger partial charge in [0.1, 0.15) is 11.6 Å². The van der Waals surface area contributed by atoms with Crippen LogP contribution in [0.4, 0.5) is 4.39 Å². The van der Waals surface area contributed by atoms with Gasteiger partial charge in [-0.15, -0.1) is 0 Å². The number of nitrogens with zero attached hydrogens (tertiary/aromatic N) is 1. The molecular weight excluding hydrogens is 481 g/mol. The number of carboxylic acid groups (broad SMARTS) is 1. The number of rotatable bonds is 8. The van der Waals surface area contributed by atoms with Crippen LogP contribution in [-0.2, 0) is 11.3 Å². The van der Waals surface area contributed by atoms with Crippen molar-refractivity contribution in [2.45, 2.75) is 38.6 Å². The second-order valence-corrected chi connectivity index (χ2v) is 11.0. The normalized spacial score (nSPS) is 23.7. The van der Waals surface area contributed by atoms with E-state index < -0.39 is 13.0 Å². The number of carboxylic acids is 1. The molecule has 2 fully saturated rings. The number of aromatic nitrogens is 1. The fourth-order valence-electron chi connectivity index (χ4n) is 6.56. The number of benzene rings is 3. The maximum atomic E-state index is 14.7. The molecule has 38 heavy (non-hydrogen) atoms. The van der Waals surface area contributed by atoms with Crippen LogP contribution in [0.25, 0.3) is 22.0 Å². The molecule has 6 heteroatoms. The first-order chi connectivity index (χ1) is 19.5. The minimum Gasteiger partial charge on any atom is -0.497 e. The summed E-state index contributed by atoms with van der Waals surface area (Å²) in [5.74, 6) is -0.869. The zero-order chi connectivity index (χ0) is 28.9. The molecule has 6 rings (SSSR count). The standard InChI is InChI=1S/C32H30FNO4/c1-38-25-4-2-3-23(14-25)22-7-5-20(6-8-22)19-34-12-11-26-28(33)10-9-27(30(26)34)29(35)13-21-15-32(16-21)17-24(18-32)31(36)37/h2-12,14,21,24H,13,15-19H2,1H3,(H,36,37)/i1D3. The molecule has 1 N–H and O–H groups in total. The van der Waals surface area contributed by atoms with Crippen LogP contribution < -0.4 is 4.74 Å². The van der Waals surface area contributed by atoms with E-state index in [-0.39, 0.29) is 34.6 Å². The van der Waals surface area contributed by atoms with Gasteiger partial charge < -0.3 is 14.4 Å². The van der Waals surface area contributed by atoms with Gasteiger partial charge in [0.15, 0.2) is 5.78 Å². The second kappa shape index (κ2) is 9.43. The highest BCUT2D eigenvalue weighted by molar-refractivity contribution is 6.07. The lowest BCUT2D eigenvalue weighted by molar-refractivity contribution is -0.157. The first kappa shape index (κ1) is 21.1. The Labute approximate surface area is 225 Å². The van der Waals surface area contributed by atoms with E-state index in [1.54, 1.807) is 36.5 Å². The van der Waals surface area contributed by atoms with Gasteiger partial charge in [-0.1, -0.05) is 36.4 Å². The molecule has 2 aliphatic carbocycles. The van der Waals surface area contributed by atoms with Crippen LogP contribution in [0.15, 0.2) is 72.9 Å². The lowest BCUT2D eigenvalue weighted by atomic mass is 9.47. The summed E-state index contributed by atoms with van der Waals surface area (Å²) < 4.78 is 43.6. The van der Waals surface area contributed by atoms with Crippen LogP contribution in [0.5, 0.6) is 5.75 Å². The molecule has 1 aromatic heterocycles. The number of halogens is 1. The average molecular weight is 515 g/mol. The van der Waals surface area contributed by atoms with Crippen LogP contribution in [0.1, 0.15) is 52.1 Å². The number of ether oxygens (including phenoxy) is 1. The summed E-state index contributed by atoms with van der Waals surface area (Å²) in [5.41, 5.74) is 3.86. The SMILES string of the molecule is [2H]C([2H])([2H])Oc1cccc(-c2ccc(Cn3ccc4c(F)ccc(C(=O)CC5CC6(C5)CC(C(=O)O)C6)c43)cc2)c1. The smallest absolute Gasteiger partial charge is 0.306 e. The van der Waals surface area contributed by atoms with Crippen molar-refractivity contribution in [3.8, 4) is 16.9 Å². The zero-order valence-electron chi connectivity index (χ0n) is 23.8. The molecule has 194 valence electrons. The van der Waals surface area contributed by atoms with Crippen LogP contribution in [0.2, 0.25) is 0 Å². The summed E-state index contributed by atoms with van der Waals surface area (Å²) in [4.78, 5) is 24.6. The molecule has 0 aliphatic heterocycles. The van der Waals surface area contributed by atoms with Crippen molar-refractivity contribution in [2.75, 3.05) is 7.04 Å². The number of Topliss-reactive ketones (excluding diaryl/α,β-unsaturated/α-hetero) is 1. The van der Waals surface area contributed by atoms with Gasteiger partial charge in [0.05, 0.1) is 22.6 Å². The average Bonchev–Trinajstić information content (AvgIpc) is 3.28. The van der Waals surface area contributed by atoms with Gasteiger partial charge in [0.2, 0.25) is 0 Å². The molecule has 2 saturated carbocycles. The number of hydrogen-bond acceptors (Lipinski definition) is 3. The van der Waals surface area contributed by atoms with Gasteiger partial charge in [-0.25, -0.2) is 4.39 Å². The highest BCUT2D eigenvalue weighted by Crippen LogP contribution is 2.62. The van der Waals surface area contributed by atoms with E-state index in [1.807, 2.05) is 34.9 Å². The summed E-state index contributed by atoms with van der Waals surface area (Å²) in [5, 5.41) is 9.59. The van der Waals surface area contributed by atoms with Gasteiger partial charge in [-0.2, -0.15) is 0 Å². The first-order valence-electron chi connectivity index (χ1n) is 14.4. The van der Waals surface area contributed by atoms with E-state index in [2.05, 4.69) is 0 Å². The van der Waals surface area contributed by atoms with Crippen LogP contribution in [0, 0.1) is 23.1 Å². The predicted molar refractivity (Wildman–Crippen MR) is 144 cm³/mol. The Balaban J connectivity index is 1.17. The van der Waals surface area contributed by atoms with Crippen molar-refractivity contribution < 1.29 is 27.9 Å². The Morgan fingerprint density at radius 1 is 1.05 bits per heavy atom. The summed E-state index contributed by atoms with van der Waals surface area (Å²) in [6.45, 7) is 0.443. The van der Waals surface area contributed by atoms with Crippen LogP contribution in [0.3, 0.4) is 0 Å². The number of hydrogen-bond donors (Lipinski definition) is 1. The van der Waals surface area contributed by atoms with E-state index in [0.29, 0.717) is 42.3 Å². The molecule has 1 spiro atoms. The molecule has 0 radical (unpaired) electrons. The minimum absolute atomic E-state index is 0.0154. The van der Waals surface area contributed by atoms with E-state index in [4.69, 9.17) is 8.85 Å². The Hall–Kier alpha value is -3.93. The number of ketones is 1. The Bertz CT molecular complexity index is 1630. The molecule has 0 atom stereocenters. The van der Waals surface area contributed by atoms with Crippen molar-refractivity contribution in [3.05, 3.63) is 89.9 Å². The quantitative estimate of drug-likeness (QED) is 0.258. The lowest BCUT2D eigenvalue weighted by Crippen LogP contribution is -2.50. The summed E-state index contributed by atoms with van der Waals surface area (Å²) in [6.07, 6.45) is 5.35. The van der Waals surface area contributed by atoms with Crippen molar-refractivity contribution in [2.24, 2.45) is 17.3 Å². The Morgan fingerprint density at radius 3 is 2.58 bits per heavy atom. The number of aliphatic carboxylic acids is 1. The monoisotopic (exact) mass is 514 g/mol. The third kappa shape index (κ3) is 4.38. The second-order valence-electron chi connectivity index (χ2n) is 11.0. The zero-order valence-corrected chi connectivity index (χ0v) is 20.8. The Kier molecular flexibility index (Phi) is 5.22. The molecule has 0 saturated heterocycles. The number of carbonyl (C=O) groups excluding carboxylic acids is 1. The highest BCUT2D eigenvalue weighted by Gasteiger charge is 2.54. The molecule has 0 unspecified atom stereocenters. The molecule has 2 aliphatic rings. The van der Waals surface area contributed by atoms with Gasteiger partial charge in [-0.05, 0) is 84.0 Å². The Morgan fingerprint density at radius 2 is 1.84 bits per heavy atom. The van der Waals surface area contributed by atoms with Crippen molar-refractivity contribution in [1.82, 2.24) is 4.57 Å². The van der Waals surface area contributed by atoms with Crippen molar-refractivity contribution in [3.63, 3.8) is 0 Å². The minimum atomic E-state index is -2.52. The van der Waals surface area contributed by atoms with Gasteiger partial charge in [0, 0.05) is 30.1 Å². The largest absolute Gasteiger partial charge is 0.497 e. The topological polar surface area (TPSA) is 68.5 Å². The van der Waals surface area contributed by atoms with E-state index in [0.717, 1.165) is 29.5 Å². The summed E-state index contributed by atoms with van der Waals surface area (Å²) >= 11 is 0. The highest BCUT2D eigenvalue weighted by atomic mass is 19.1. The van der Waals surface area contributed by atoms with E-state index >= 15 is 0 Å².